The fourth-order valence-corrected chi connectivity index (χ4v) is 1.12. The minimum Gasteiger partial charge on any atom is -0.383 e. The molecule has 0 amide bonds. The van der Waals surface area contributed by atoms with E-state index in [1.807, 2.05) is 0 Å². The van der Waals surface area contributed by atoms with Crippen molar-refractivity contribution in [1.29, 1.82) is 0 Å². The molecule has 0 aliphatic carbocycles. The van der Waals surface area contributed by atoms with Gasteiger partial charge in [-0.1, -0.05) is 0 Å². The maximum absolute atomic E-state index is 12.7. The van der Waals surface area contributed by atoms with Crippen LogP contribution in [0.5, 0.6) is 0 Å². The molecule has 1 N–H and O–H groups in total. The number of pyridine rings is 1. The number of halogens is 1. The molecule has 0 bridgehead atoms. The lowest BCUT2D eigenvalue weighted by Gasteiger charge is -2.22. The van der Waals surface area contributed by atoms with Gasteiger partial charge in [0.2, 0.25) is 5.95 Å². The predicted molar refractivity (Wildman–Crippen MR) is 60.3 cm³/mol. The van der Waals surface area contributed by atoms with E-state index < -0.39 is 5.95 Å². The monoisotopic (exact) mass is 214 g/mol. The molecule has 0 saturated heterocycles. The minimum atomic E-state index is -0.447. The molecule has 78 valence electrons. The quantitative estimate of drug-likeness (QED) is 0.780. The van der Waals surface area contributed by atoms with Crippen molar-refractivity contribution < 1.29 is 4.39 Å². The van der Waals surface area contributed by atoms with Crippen LogP contribution in [-0.4, -0.2) is 22.5 Å². The van der Waals surface area contributed by atoms with Gasteiger partial charge in [0.05, 0.1) is 0 Å². The molecule has 0 fully saturated rings. The second kappa shape index (κ2) is 4.64. The molecule has 2 nitrogen and oxygen atoms in total. The fourth-order valence-electron chi connectivity index (χ4n) is 0.900. The van der Waals surface area contributed by atoms with E-state index in [-0.39, 0.29) is 4.75 Å². The van der Waals surface area contributed by atoms with Gasteiger partial charge in [0.1, 0.15) is 0 Å². The Bertz CT molecular complexity index is 302. The molecular weight excluding hydrogens is 199 g/mol. The number of hydrogen-bond acceptors (Lipinski definition) is 3. The van der Waals surface area contributed by atoms with Gasteiger partial charge < -0.3 is 5.32 Å². The third kappa shape index (κ3) is 3.54. The fraction of sp³-hybridized carbons (Fsp3) is 0.500. The first-order valence-electron chi connectivity index (χ1n) is 4.44. The van der Waals surface area contributed by atoms with E-state index in [1.54, 1.807) is 17.8 Å². The number of aromatic nitrogens is 1. The van der Waals surface area contributed by atoms with E-state index in [0.29, 0.717) is 0 Å². The van der Waals surface area contributed by atoms with E-state index in [0.717, 1.165) is 12.2 Å². The molecule has 0 radical (unpaired) electrons. The number of hydrogen-bond donors (Lipinski definition) is 1. The van der Waals surface area contributed by atoms with Gasteiger partial charge in [-0.2, -0.15) is 16.2 Å². The summed E-state index contributed by atoms with van der Waals surface area (Å²) in [6.07, 6.45) is 3.53. The lowest BCUT2D eigenvalue weighted by Crippen LogP contribution is -2.25. The highest BCUT2D eigenvalue weighted by Crippen LogP contribution is 2.21. The average molecular weight is 214 g/mol. The number of nitrogens with zero attached hydrogens (tertiary/aromatic N) is 1. The first kappa shape index (κ1) is 11.3. The Morgan fingerprint density at radius 1 is 1.57 bits per heavy atom. The van der Waals surface area contributed by atoms with Crippen LogP contribution in [0.1, 0.15) is 13.8 Å². The van der Waals surface area contributed by atoms with Crippen molar-refractivity contribution in [2.75, 3.05) is 18.1 Å². The first-order chi connectivity index (χ1) is 6.53. The van der Waals surface area contributed by atoms with E-state index in [4.69, 9.17) is 0 Å². The lowest BCUT2D eigenvalue weighted by atomic mass is 10.2. The third-order valence-electron chi connectivity index (χ3n) is 2.00. The average Bonchev–Trinajstić information content (AvgIpc) is 2.15. The van der Waals surface area contributed by atoms with Crippen LogP contribution < -0.4 is 5.32 Å². The van der Waals surface area contributed by atoms with Crippen LogP contribution in [0.25, 0.3) is 0 Å². The Balaban J connectivity index is 2.54. The van der Waals surface area contributed by atoms with Crippen molar-refractivity contribution in [2.45, 2.75) is 18.6 Å². The van der Waals surface area contributed by atoms with Gasteiger partial charge in [-0.15, -0.1) is 0 Å². The molecule has 1 rings (SSSR count). The predicted octanol–water partition coefficient (Wildman–Crippen LogP) is 2.77. The summed E-state index contributed by atoms with van der Waals surface area (Å²) >= 11 is 1.78. The van der Waals surface area contributed by atoms with Gasteiger partial charge in [-0.05, 0) is 26.2 Å². The summed E-state index contributed by atoms with van der Waals surface area (Å²) < 4.78 is 12.9. The van der Waals surface area contributed by atoms with Crippen LogP contribution in [0.4, 0.5) is 10.1 Å². The summed E-state index contributed by atoms with van der Waals surface area (Å²) in [4.78, 5) is 3.49. The van der Waals surface area contributed by atoms with Gasteiger partial charge in [-0.25, -0.2) is 4.98 Å². The second-order valence-electron chi connectivity index (χ2n) is 3.68. The normalized spacial score (nSPS) is 11.4. The molecule has 0 saturated carbocycles. The zero-order valence-corrected chi connectivity index (χ0v) is 9.49. The molecule has 0 unspecified atom stereocenters. The minimum absolute atomic E-state index is 0.153. The maximum atomic E-state index is 12.7. The van der Waals surface area contributed by atoms with Crippen LogP contribution in [0.3, 0.4) is 0 Å². The molecule has 1 aromatic rings. The van der Waals surface area contributed by atoms with Crippen molar-refractivity contribution in [2.24, 2.45) is 0 Å². The van der Waals surface area contributed by atoms with Crippen molar-refractivity contribution >= 4 is 17.4 Å². The van der Waals surface area contributed by atoms with Crippen molar-refractivity contribution in [1.82, 2.24) is 4.98 Å². The van der Waals surface area contributed by atoms with Gasteiger partial charge in [0.15, 0.2) is 0 Å². The second-order valence-corrected chi connectivity index (χ2v) is 5.20. The number of nitrogens with one attached hydrogen (secondary N) is 1. The molecule has 0 spiro atoms. The molecule has 14 heavy (non-hydrogen) atoms. The van der Waals surface area contributed by atoms with E-state index >= 15 is 0 Å². The smallest absolute Gasteiger partial charge is 0.214 e. The Morgan fingerprint density at radius 2 is 2.29 bits per heavy atom. The van der Waals surface area contributed by atoms with E-state index in [2.05, 4.69) is 30.4 Å². The number of rotatable bonds is 4. The lowest BCUT2D eigenvalue weighted by molar-refractivity contribution is 0.584. The highest BCUT2D eigenvalue weighted by molar-refractivity contribution is 7.99. The highest BCUT2D eigenvalue weighted by Gasteiger charge is 2.15. The van der Waals surface area contributed by atoms with E-state index in [9.17, 15) is 4.39 Å². The Labute approximate surface area is 88.3 Å². The summed E-state index contributed by atoms with van der Waals surface area (Å²) in [6, 6.07) is 3.16. The Hall–Kier alpha value is -0.770. The van der Waals surface area contributed by atoms with Crippen LogP contribution in [-0.2, 0) is 0 Å². The maximum Gasteiger partial charge on any atom is 0.214 e. The van der Waals surface area contributed by atoms with Crippen molar-refractivity contribution in [3.05, 3.63) is 24.3 Å². The molecule has 4 heteroatoms. The molecule has 1 heterocycles. The Kier molecular flexibility index (Phi) is 3.75. The zero-order valence-electron chi connectivity index (χ0n) is 8.67. The van der Waals surface area contributed by atoms with Gasteiger partial charge in [0.25, 0.3) is 0 Å². The largest absolute Gasteiger partial charge is 0.383 e. The SMILES string of the molecule is CSC(C)(C)CNc1ccnc(F)c1. The van der Waals surface area contributed by atoms with Crippen LogP contribution in [0.15, 0.2) is 18.3 Å². The first-order valence-corrected chi connectivity index (χ1v) is 5.66. The molecular formula is C10H15FN2S. The summed E-state index contributed by atoms with van der Waals surface area (Å²) in [5.74, 6) is -0.447. The third-order valence-corrected chi connectivity index (χ3v) is 3.25. The zero-order chi connectivity index (χ0) is 10.6. The van der Waals surface area contributed by atoms with E-state index in [1.165, 1.54) is 12.3 Å². The highest BCUT2D eigenvalue weighted by atomic mass is 32.2. The van der Waals surface area contributed by atoms with Crippen LogP contribution >= 0.6 is 11.8 Å². The summed E-state index contributed by atoms with van der Waals surface area (Å²) in [5.41, 5.74) is 0.777. The van der Waals surface area contributed by atoms with Gasteiger partial charge >= 0.3 is 0 Å². The van der Waals surface area contributed by atoms with Crippen LogP contribution in [0, 0.1) is 5.95 Å². The topological polar surface area (TPSA) is 24.9 Å². The molecule has 1 aromatic heterocycles. The summed E-state index contributed by atoms with van der Waals surface area (Å²) in [6.45, 7) is 5.09. The standard InChI is InChI=1S/C10H15FN2S/c1-10(2,14-3)7-13-8-4-5-12-9(11)6-8/h4-6H,7H2,1-3H3,(H,12,13). The van der Waals surface area contributed by atoms with Crippen molar-refractivity contribution in [3.63, 3.8) is 0 Å². The Morgan fingerprint density at radius 3 is 2.86 bits per heavy atom. The van der Waals surface area contributed by atoms with Gasteiger partial charge in [-0.3, -0.25) is 0 Å². The number of thioether (sulfide) groups is 1. The summed E-state index contributed by atoms with van der Waals surface area (Å²) in [5, 5.41) is 3.18. The van der Waals surface area contributed by atoms with Crippen molar-refractivity contribution in [3.8, 4) is 0 Å². The molecule has 0 aliphatic heterocycles. The van der Waals surface area contributed by atoms with Crippen LogP contribution in [0.2, 0.25) is 0 Å². The number of anilines is 1. The molecule has 0 aliphatic rings. The molecule has 0 atom stereocenters. The summed E-state index contributed by atoms with van der Waals surface area (Å²) in [7, 11) is 0. The molecule has 0 aromatic carbocycles. The van der Waals surface area contributed by atoms with Gasteiger partial charge in [0, 0.05) is 29.2 Å².